The molecule has 1 saturated carbocycles. The first-order valence-electron chi connectivity index (χ1n) is 8.23. The second kappa shape index (κ2) is 6.86. The summed E-state index contributed by atoms with van der Waals surface area (Å²) < 4.78 is 5.31. The number of carbonyl (C=O) groups is 2. The molecule has 6 heteroatoms. The molecule has 3 unspecified atom stereocenters. The summed E-state index contributed by atoms with van der Waals surface area (Å²) in [5, 5.41) is 12.9. The van der Waals surface area contributed by atoms with Crippen LogP contribution < -0.4 is 5.32 Å². The van der Waals surface area contributed by atoms with E-state index in [1.165, 1.54) is 0 Å². The van der Waals surface area contributed by atoms with Crippen LogP contribution in [0.2, 0.25) is 0 Å². The van der Waals surface area contributed by atoms with Gasteiger partial charge in [-0.25, -0.2) is 4.79 Å². The molecule has 0 aromatic carbocycles. The maximum atomic E-state index is 12.2. The molecule has 0 aromatic heterocycles. The standard InChI is InChI=1S/C16H28N2O4/c1-16(2,3)22-15(21)17-12-8-7-11(19)10-13(12)18-9-5-4-6-14(18)20/h11-13,19H,4-10H2,1-3H3,(H,17,21). The van der Waals surface area contributed by atoms with E-state index in [9.17, 15) is 14.7 Å². The molecule has 0 spiro atoms. The molecular weight excluding hydrogens is 284 g/mol. The van der Waals surface area contributed by atoms with E-state index < -0.39 is 17.8 Å². The zero-order chi connectivity index (χ0) is 16.3. The Morgan fingerprint density at radius 2 is 2.05 bits per heavy atom. The third-order valence-electron chi connectivity index (χ3n) is 4.25. The molecule has 22 heavy (non-hydrogen) atoms. The fourth-order valence-corrected chi connectivity index (χ4v) is 3.27. The van der Waals surface area contributed by atoms with Crippen molar-refractivity contribution in [3.05, 3.63) is 0 Å². The van der Waals surface area contributed by atoms with Crippen LogP contribution in [0.25, 0.3) is 0 Å². The molecule has 1 saturated heterocycles. The third-order valence-corrected chi connectivity index (χ3v) is 4.25. The van der Waals surface area contributed by atoms with E-state index in [0.29, 0.717) is 32.2 Å². The van der Waals surface area contributed by atoms with E-state index in [1.807, 2.05) is 25.7 Å². The van der Waals surface area contributed by atoms with Crippen LogP contribution in [0.5, 0.6) is 0 Å². The summed E-state index contributed by atoms with van der Waals surface area (Å²) in [6, 6.07) is -0.288. The Labute approximate surface area is 132 Å². The van der Waals surface area contributed by atoms with Gasteiger partial charge in [-0.3, -0.25) is 4.79 Å². The lowest BCUT2D eigenvalue weighted by molar-refractivity contribution is -0.138. The molecule has 3 atom stereocenters. The van der Waals surface area contributed by atoms with E-state index in [2.05, 4.69) is 5.32 Å². The van der Waals surface area contributed by atoms with Crippen molar-refractivity contribution in [3.8, 4) is 0 Å². The number of amides is 2. The number of nitrogens with one attached hydrogen (secondary N) is 1. The summed E-state index contributed by atoms with van der Waals surface area (Å²) in [5.74, 6) is 0.126. The number of rotatable bonds is 2. The molecule has 1 aliphatic carbocycles. The summed E-state index contributed by atoms with van der Waals surface area (Å²) in [7, 11) is 0. The van der Waals surface area contributed by atoms with Gasteiger partial charge in [0.25, 0.3) is 0 Å². The van der Waals surface area contributed by atoms with Crippen LogP contribution >= 0.6 is 0 Å². The number of alkyl carbamates (subject to hydrolysis) is 1. The second-order valence-electron chi connectivity index (χ2n) is 7.33. The number of aliphatic hydroxyl groups is 1. The predicted octanol–water partition coefficient (Wildman–Crippen LogP) is 1.81. The predicted molar refractivity (Wildman–Crippen MR) is 82.4 cm³/mol. The van der Waals surface area contributed by atoms with Crippen molar-refractivity contribution in [2.75, 3.05) is 6.54 Å². The normalized spacial score (nSPS) is 30.1. The number of carbonyl (C=O) groups excluding carboxylic acids is 2. The van der Waals surface area contributed by atoms with Gasteiger partial charge in [0.15, 0.2) is 0 Å². The fourth-order valence-electron chi connectivity index (χ4n) is 3.27. The molecule has 6 nitrogen and oxygen atoms in total. The van der Waals surface area contributed by atoms with Gasteiger partial charge in [-0.2, -0.15) is 0 Å². The summed E-state index contributed by atoms with van der Waals surface area (Å²) in [6.07, 6.45) is 3.43. The van der Waals surface area contributed by atoms with E-state index in [4.69, 9.17) is 4.74 Å². The Hall–Kier alpha value is -1.30. The highest BCUT2D eigenvalue weighted by atomic mass is 16.6. The first kappa shape index (κ1) is 17.1. The summed E-state index contributed by atoms with van der Waals surface area (Å²) in [6.45, 7) is 6.18. The van der Waals surface area contributed by atoms with Crippen LogP contribution in [0.15, 0.2) is 0 Å². The van der Waals surface area contributed by atoms with E-state index in [-0.39, 0.29) is 18.0 Å². The number of hydrogen-bond donors (Lipinski definition) is 2. The van der Waals surface area contributed by atoms with Crippen LogP contribution in [0.4, 0.5) is 4.79 Å². The lowest BCUT2D eigenvalue weighted by atomic mass is 9.86. The Bertz CT molecular complexity index is 419. The quantitative estimate of drug-likeness (QED) is 0.815. The van der Waals surface area contributed by atoms with Crippen molar-refractivity contribution in [3.63, 3.8) is 0 Å². The van der Waals surface area contributed by atoms with Gasteiger partial charge >= 0.3 is 6.09 Å². The van der Waals surface area contributed by atoms with Gasteiger partial charge in [0.1, 0.15) is 5.60 Å². The highest BCUT2D eigenvalue weighted by Gasteiger charge is 2.38. The molecule has 2 amide bonds. The SMILES string of the molecule is CC(C)(C)OC(=O)NC1CCC(O)CC1N1CCCCC1=O. The third kappa shape index (κ3) is 4.60. The lowest BCUT2D eigenvalue weighted by Crippen LogP contribution is -2.58. The van der Waals surface area contributed by atoms with E-state index >= 15 is 0 Å². The Balaban J connectivity index is 2.03. The highest BCUT2D eigenvalue weighted by molar-refractivity contribution is 5.77. The second-order valence-corrected chi connectivity index (χ2v) is 7.33. The Kier molecular flexibility index (Phi) is 5.32. The lowest BCUT2D eigenvalue weighted by Gasteiger charge is -2.43. The average Bonchev–Trinajstić information content (AvgIpc) is 2.39. The van der Waals surface area contributed by atoms with Crippen molar-refractivity contribution in [1.82, 2.24) is 10.2 Å². The molecule has 0 aromatic rings. The Morgan fingerprint density at radius 1 is 1.32 bits per heavy atom. The van der Waals surface area contributed by atoms with Crippen LogP contribution in [0.3, 0.4) is 0 Å². The number of ether oxygens (including phenoxy) is 1. The highest BCUT2D eigenvalue weighted by Crippen LogP contribution is 2.27. The number of nitrogens with zero attached hydrogens (tertiary/aromatic N) is 1. The number of piperidine rings is 1. The molecule has 126 valence electrons. The zero-order valence-electron chi connectivity index (χ0n) is 13.8. The van der Waals surface area contributed by atoms with Gasteiger partial charge in [0.2, 0.25) is 5.91 Å². The summed E-state index contributed by atoms with van der Waals surface area (Å²) in [5.41, 5.74) is -0.547. The van der Waals surface area contributed by atoms with Gasteiger partial charge < -0.3 is 20.1 Å². The molecule has 2 aliphatic rings. The summed E-state index contributed by atoms with van der Waals surface area (Å²) in [4.78, 5) is 26.0. The van der Waals surface area contributed by atoms with Gasteiger partial charge in [0, 0.05) is 13.0 Å². The molecule has 2 rings (SSSR count). The molecule has 1 heterocycles. The monoisotopic (exact) mass is 312 g/mol. The smallest absolute Gasteiger partial charge is 0.407 e. The van der Waals surface area contributed by atoms with E-state index in [0.717, 1.165) is 12.8 Å². The van der Waals surface area contributed by atoms with Crippen molar-refractivity contribution < 1.29 is 19.4 Å². The maximum Gasteiger partial charge on any atom is 0.407 e. The van der Waals surface area contributed by atoms with Crippen LogP contribution in [-0.2, 0) is 9.53 Å². The average molecular weight is 312 g/mol. The van der Waals surface area contributed by atoms with Gasteiger partial charge in [-0.1, -0.05) is 0 Å². The van der Waals surface area contributed by atoms with Crippen molar-refractivity contribution >= 4 is 12.0 Å². The van der Waals surface area contributed by atoms with Crippen molar-refractivity contribution in [2.45, 2.75) is 83.1 Å². The minimum atomic E-state index is -0.547. The Morgan fingerprint density at radius 3 is 2.68 bits per heavy atom. The molecule has 2 fully saturated rings. The van der Waals surface area contributed by atoms with E-state index in [1.54, 1.807) is 0 Å². The number of hydrogen-bond acceptors (Lipinski definition) is 4. The largest absolute Gasteiger partial charge is 0.444 e. The first-order valence-corrected chi connectivity index (χ1v) is 8.23. The number of aliphatic hydroxyl groups excluding tert-OH is 1. The van der Waals surface area contributed by atoms with Crippen LogP contribution in [0, 0.1) is 0 Å². The molecule has 2 N–H and O–H groups in total. The fraction of sp³-hybridized carbons (Fsp3) is 0.875. The van der Waals surface area contributed by atoms with Crippen molar-refractivity contribution in [2.24, 2.45) is 0 Å². The van der Waals surface area contributed by atoms with Crippen LogP contribution in [-0.4, -0.2) is 52.3 Å². The maximum absolute atomic E-state index is 12.2. The van der Waals surface area contributed by atoms with Crippen LogP contribution in [0.1, 0.15) is 59.3 Å². The minimum absolute atomic E-state index is 0.126. The first-order chi connectivity index (χ1) is 10.3. The van der Waals surface area contributed by atoms with Gasteiger partial charge in [-0.05, 0) is 52.9 Å². The number of likely N-dealkylation sites (tertiary alicyclic amines) is 1. The zero-order valence-corrected chi connectivity index (χ0v) is 13.8. The molecule has 0 bridgehead atoms. The molecule has 0 radical (unpaired) electrons. The molecular formula is C16H28N2O4. The van der Waals surface area contributed by atoms with Gasteiger partial charge in [-0.15, -0.1) is 0 Å². The molecule has 1 aliphatic heterocycles. The summed E-state index contributed by atoms with van der Waals surface area (Å²) >= 11 is 0. The topological polar surface area (TPSA) is 78.9 Å². The minimum Gasteiger partial charge on any atom is -0.444 e. The van der Waals surface area contributed by atoms with Crippen molar-refractivity contribution in [1.29, 1.82) is 0 Å². The van der Waals surface area contributed by atoms with Gasteiger partial charge in [0.05, 0.1) is 18.2 Å².